The molecule has 2 heterocycles. The molecule has 4 N–H and O–H groups in total. The minimum absolute atomic E-state index is 0.139. The molecule has 0 fully saturated rings. The zero-order chi connectivity index (χ0) is 11.7. The maximum absolute atomic E-state index is 9.55. The third-order valence-corrected chi connectivity index (χ3v) is 2.35. The van der Waals surface area contributed by atoms with E-state index in [1.165, 1.54) is 0 Å². The van der Waals surface area contributed by atoms with Gasteiger partial charge in [-0.05, 0) is 12.1 Å². The molecule has 2 rings (SSSR count). The molecule has 0 aliphatic rings. The van der Waals surface area contributed by atoms with E-state index in [1.54, 1.807) is 0 Å². The molecule has 2 aromatic heterocycles. The molecule has 2 aromatic rings. The predicted molar refractivity (Wildman–Crippen MR) is 62.2 cm³/mol. The van der Waals surface area contributed by atoms with Gasteiger partial charge in [-0.25, -0.2) is 9.97 Å². The standard InChI is InChI=1S/C10H15N5O/c1-15(2)8-4-3-6-9(13-8)14-10(12-6)7(16)5-11/h3-4,7,16H,5,11H2,1-2H3,(H,12,13,14). The number of pyridine rings is 1. The fourth-order valence-corrected chi connectivity index (χ4v) is 1.42. The summed E-state index contributed by atoms with van der Waals surface area (Å²) in [5.74, 6) is 1.29. The molecule has 16 heavy (non-hydrogen) atoms. The Hall–Kier alpha value is -1.66. The van der Waals surface area contributed by atoms with E-state index in [-0.39, 0.29) is 6.54 Å². The number of fused-ring (bicyclic) bond motifs is 1. The Morgan fingerprint density at radius 3 is 2.81 bits per heavy atom. The number of aromatic amines is 1. The number of H-pyrrole nitrogens is 1. The lowest BCUT2D eigenvalue weighted by atomic mass is 10.3. The number of hydrogen-bond donors (Lipinski definition) is 3. The van der Waals surface area contributed by atoms with Gasteiger partial charge in [0.1, 0.15) is 17.7 Å². The Morgan fingerprint density at radius 1 is 1.44 bits per heavy atom. The molecule has 6 heteroatoms. The van der Waals surface area contributed by atoms with E-state index in [9.17, 15) is 5.11 Å². The van der Waals surface area contributed by atoms with Crippen LogP contribution in [0.2, 0.25) is 0 Å². The molecule has 86 valence electrons. The van der Waals surface area contributed by atoms with E-state index in [4.69, 9.17) is 5.73 Å². The van der Waals surface area contributed by atoms with Gasteiger partial charge < -0.3 is 20.7 Å². The molecule has 0 bridgehead atoms. The van der Waals surface area contributed by atoms with Crippen molar-refractivity contribution in [2.45, 2.75) is 6.10 Å². The number of aliphatic hydroxyl groups is 1. The average Bonchev–Trinajstić information content (AvgIpc) is 2.70. The van der Waals surface area contributed by atoms with Crippen molar-refractivity contribution in [3.8, 4) is 0 Å². The van der Waals surface area contributed by atoms with Crippen LogP contribution in [0.5, 0.6) is 0 Å². The van der Waals surface area contributed by atoms with Gasteiger partial charge in [-0.15, -0.1) is 0 Å². The highest BCUT2D eigenvalue weighted by atomic mass is 16.3. The van der Waals surface area contributed by atoms with Crippen LogP contribution in [0.3, 0.4) is 0 Å². The minimum Gasteiger partial charge on any atom is -0.384 e. The van der Waals surface area contributed by atoms with Gasteiger partial charge in [-0.3, -0.25) is 0 Å². The first-order valence-corrected chi connectivity index (χ1v) is 5.04. The molecule has 0 radical (unpaired) electrons. The minimum atomic E-state index is -0.767. The van der Waals surface area contributed by atoms with Gasteiger partial charge >= 0.3 is 0 Å². The molecule has 0 amide bonds. The van der Waals surface area contributed by atoms with E-state index < -0.39 is 6.10 Å². The number of aliphatic hydroxyl groups excluding tert-OH is 1. The molecule has 0 saturated heterocycles. The van der Waals surface area contributed by atoms with Crippen LogP contribution in [-0.4, -0.2) is 40.7 Å². The Morgan fingerprint density at radius 2 is 2.19 bits per heavy atom. The molecule has 0 saturated carbocycles. The lowest BCUT2D eigenvalue weighted by Gasteiger charge is -2.09. The van der Waals surface area contributed by atoms with Gasteiger partial charge in [-0.1, -0.05) is 0 Å². The van der Waals surface area contributed by atoms with Crippen LogP contribution >= 0.6 is 0 Å². The molecule has 0 spiro atoms. The lowest BCUT2D eigenvalue weighted by Crippen LogP contribution is -2.12. The third-order valence-electron chi connectivity index (χ3n) is 2.35. The quantitative estimate of drug-likeness (QED) is 0.679. The van der Waals surface area contributed by atoms with E-state index in [0.29, 0.717) is 11.5 Å². The normalized spacial score (nSPS) is 13.0. The lowest BCUT2D eigenvalue weighted by molar-refractivity contribution is 0.178. The van der Waals surface area contributed by atoms with Crippen molar-refractivity contribution >= 4 is 17.0 Å². The Kier molecular flexibility index (Phi) is 2.76. The van der Waals surface area contributed by atoms with Crippen molar-refractivity contribution in [1.82, 2.24) is 15.0 Å². The van der Waals surface area contributed by atoms with Gasteiger partial charge in [0.15, 0.2) is 5.65 Å². The van der Waals surface area contributed by atoms with Crippen LogP contribution in [0.4, 0.5) is 5.82 Å². The molecule has 0 aliphatic carbocycles. The summed E-state index contributed by atoms with van der Waals surface area (Å²) in [6, 6.07) is 3.77. The Balaban J connectivity index is 2.46. The van der Waals surface area contributed by atoms with Crippen molar-refractivity contribution in [2.75, 3.05) is 25.5 Å². The first-order valence-electron chi connectivity index (χ1n) is 5.04. The van der Waals surface area contributed by atoms with Crippen LogP contribution in [0.1, 0.15) is 11.9 Å². The smallest absolute Gasteiger partial charge is 0.179 e. The van der Waals surface area contributed by atoms with Gasteiger partial charge in [-0.2, -0.15) is 0 Å². The molecule has 6 nitrogen and oxygen atoms in total. The summed E-state index contributed by atoms with van der Waals surface area (Å²) < 4.78 is 0. The van der Waals surface area contributed by atoms with Gasteiger partial charge in [0.05, 0.1) is 5.52 Å². The Bertz CT molecular complexity index is 493. The number of nitrogens with zero attached hydrogens (tertiary/aromatic N) is 3. The summed E-state index contributed by atoms with van der Waals surface area (Å²) in [4.78, 5) is 13.4. The number of anilines is 1. The summed E-state index contributed by atoms with van der Waals surface area (Å²) in [6.45, 7) is 0.139. The van der Waals surface area contributed by atoms with Crippen molar-refractivity contribution in [3.63, 3.8) is 0 Å². The molecule has 1 unspecified atom stereocenters. The summed E-state index contributed by atoms with van der Waals surface area (Å²) in [6.07, 6.45) is -0.767. The van der Waals surface area contributed by atoms with Gasteiger partial charge in [0, 0.05) is 20.6 Å². The van der Waals surface area contributed by atoms with E-state index >= 15 is 0 Å². The Labute approximate surface area is 93.1 Å². The van der Waals surface area contributed by atoms with Crippen LogP contribution in [0, 0.1) is 0 Å². The topological polar surface area (TPSA) is 91.1 Å². The fraction of sp³-hybridized carbons (Fsp3) is 0.400. The summed E-state index contributed by atoms with van der Waals surface area (Å²) >= 11 is 0. The predicted octanol–water partition coefficient (Wildman–Crippen LogP) is 0.0160. The number of nitrogens with one attached hydrogen (secondary N) is 1. The van der Waals surface area contributed by atoms with Crippen LogP contribution < -0.4 is 10.6 Å². The highest BCUT2D eigenvalue weighted by Gasteiger charge is 2.11. The molecular weight excluding hydrogens is 206 g/mol. The number of aromatic nitrogens is 3. The highest BCUT2D eigenvalue weighted by Crippen LogP contribution is 2.17. The van der Waals surface area contributed by atoms with Gasteiger partial charge in [0.2, 0.25) is 0 Å². The zero-order valence-corrected chi connectivity index (χ0v) is 9.31. The van der Waals surface area contributed by atoms with Crippen LogP contribution in [0.15, 0.2) is 12.1 Å². The first kappa shape index (κ1) is 10.8. The van der Waals surface area contributed by atoms with Gasteiger partial charge in [0.25, 0.3) is 0 Å². The van der Waals surface area contributed by atoms with Crippen molar-refractivity contribution in [1.29, 1.82) is 0 Å². The summed E-state index contributed by atoms with van der Waals surface area (Å²) in [5, 5.41) is 9.55. The average molecular weight is 221 g/mol. The van der Waals surface area contributed by atoms with Crippen LogP contribution in [0.25, 0.3) is 11.2 Å². The number of rotatable bonds is 3. The number of nitrogens with two attached hydrogens (primary N) is 1. The van der Waals surface area contributed by atoms with Crippen molar-refractivity contribution < 1.29 is 5.11 Å². The monoisotopic (exact) mass is 221 g/mol. The second-order valence-electron chi connectivity index (χ2n) is 3.81. The van der Waals surface area contributed by atoms with E-state index in [2.05, 4.69) is 15.0 Å². The maximum atomic E-state index is 9.55. The zero-order valence-electron chi connectivity index (χ0n) is 9.31. The number of hydrogen-bond acceptors (Lipinski definition) is 5. The first-order chi connectivity index (χ1) is 7.61. The number of imidazole rings is 1. The molecule has 0 aromatic carbocycles. The second kappa shape index (κ2) is 4.07. The van der Waals surface area contributed by atoms with Crippen molar-refractivity contribution in [2.24, 2.45) is 5.73 Å². The largest absolute Gasteiger partial charge is 0.384 e. The molecule has 1 atom stereocenters. The SMILES string of the molecule is CN(C)c1ccc2[nH]c(C(O)CN)nc2n1. The van der Waals surface area contributed by atoms with Crippen molar-refractivity contribution in [3.05, 3.63) is 18.0 Å². The van der Waals surface area contributed by atoms with E-state index in [1.807, 2.05) is 31.1 Å². The second-order valence-corrected chi connectivity index (χ2v) is 3.81. The summed E-state index contributed by atoms with van der Waals surface area (Å²) in [7, 11) is 3.83. The maximum Gasteiger partial charge on any atom is 0.179 e. The highest BCUT2D eigenvalue weighted by molar-refractivity contribution is 5.73. The van der Waals surface area contributed by atoms with Crippen LogP contribution in [-0.2, 0) is 0 Å². The molecule has 0 aliphatic heterocycles. The molecular formula is C10H15N5O. The third kappa shape index (κ3) is 1.84. The fourth-order valence-electron chi connectivity index (χ4n) is 1.42. The van der Waals surface area contributed by atoms with E-state index in [0.717, 1.165) is 11.3 Å². The summed E-state index contributed by atoms with van der Waals surface area (Å²) in [5.41, 5.74) is 6.76.